The number of aryl methyl sites for hydroxylation is 1. The van der Waals surface area contributed by atoms with Crippen LogP contribution in [-0.4, -0.2) is 15.9 Å². The summed E-state index contributed by atoms with van der Waals surface area (Å²) in [4.78, 5) is 11.8. The number of carbonyl (C=O) groups is 1. The predicted molar refractivity (Wildman–Crippen MR) is 75.4 cm³/mol. The lowest BCUT2D eigenvalue weighted by Crippen LogP contribution is -2.09. The van der Waals surface area contributed by atoms with Crippen LogP contribution in [0.3, 0.4) is 0 Å². The molecule has 0 aliphatic rings. The van der Waals surface area contributed by atoms with Crippen molar-refractivity contribution in [2.45, 2.75) is 6.92 Å². The largest absolute Gasteiger partial charge is 0.478 e. The number of hydrogen-bond acceptors (Lipinski definition) is 2. The molecule has 0 aliphatic heterocycles. The van der Waals surface area contributed by atoms with Gasteiger partial charge in [0.05, 0.1) is 10.4 Å². The predicted octanol–water partition coefficient (Wildman–Crippen LogP) is 3.46. The van der Waals surface area contributed by atoms with Crippen molar-refractivity contribution in [3.63, 3.8) is 0 Å². The van der Waals surface area contributed by atoms with Crippen LogP contribution in [-0.2, 0) is 0 Å². The molecule has 18 heavy (non-hydrogen) atoms. The Balaban J connectivity index is 2.54. The molecule has 0 unspecified atom stereocenters. The smallest absolute Gasteiger partial charge is 0.336 e. The summed E-state index contributed by atoms with van der Waals surface area (Å²) in [6, 6.07) is 14.5. The lowest BCUT2D eigenvalue weighted by Gasteiger charge is -2.10. The average molecular weight is 256 g/mol. The van der Waals surface area contributed by atoms with Gasteiger partial charge in [-0.2, -0.15) is 0 Å². The highest BCUT2D eigenvalue weighted by atomic mass is 32.1. The maximum atomic E-state index is 11.2. The van der Waals surface area contributed by atoms with Crippen LogP contribution in [0.25, 0.3) is 0 Å². The first-order valence-electron chi connectivity index (χ1n) is 5.54. The minimum Gasteiger partial charge on any atom is -0.478 e. The molecule has 0 heterocycles. The van der Waals surface area contributed by atoms with Gasteiger partial charge in [-0.1, -0.05) is 54.7 Å². The molecule has 0 bridgehead atoms. The fraction of sp³-hybridized carbons (Fsp3) is 0.0667. The zero-order valence-corrected chi connectivity index (χ0v) is 10.7. The third kappa shape index (κ3) is 2.31. The van der Waals surface area contributed by atoms with Crippen LogP contribution in [0.4, 0.5) is 0 Å². The van der Waals surface area contributed by atoms with Gasteiger partial charge >= 0.3 is 5.97 Å². The number of aromatic carboxylic acids is 1. The molecular formula is C15H12O2S. The van der Waals surface area contributed by atoms with Crippen molar-refractivity contribution >= 4 is 23.1 Å². The fourth-order valence-corrected chi connectivity index (χ4v) is 2.25. The Morgan fingerprint density at radius 3 is 2.00 bits per heavy atom. The summed E-state index contributed by atoms with van der Waals surface area (Å²) in [5.41, 5.74) is 2.78. The number of thiocarbonyl (C=S) groups is 1. The Morgan fingerprint density at radius 2 is 1.44 bits per heavy atom. The zero-order valence-electron chi connectivity index (χ0n) is 9.88. The summed E-state index contributed by atoms with van der Waals surface area (Å²) in [6.07, 6.45) is 0. The lowest BCUT2D eigenvalue weighted by molar-refractivity contribution is 0.0696. The van der Waals surface area contributed by atoms with Gasteiger partial charge in [0.1, 0.15) is 0 Å². The van der Waals surface area contributed by atoms with Crippen LogP contribution in [0, 0.1) is 6.92 Å². The number of hydrogen-bond donors (Lipinski definition) is 1. The zero-order chi connectivity index (χ0) is 13.1. The highest BCUT2D eigenvalue weighted by molar-refractivity contribution is 7.81. The van der Waals surface area contributed by atoms with E-state index >= 15 is 0 Å². The second kappa shape index (κ2) is 5.10. The number of carboxylic acid groups (broad SMARTS) is 1. The molecule has 2 aromatic rings. The van der Waals surface area contributed by atoms with Gasteiger partial charge in [-0.25, -0.2) is 4.79 Å². The van der Waals surface area contributed by atoms with Gasteiger partial charge in [0.25, 0.3) is 0 Å². The van der Waals surface area contributed by atoms with Crippen molar-refractivity contribution in [1.82, 2.24) is 0 Å². The SMILES string of the molecule is Cc1ccccc1C(=S)c1ccccc1C(=O)O. The minimum atomic E-state index is -0.957. The first-order valence-corrected chi connectivity index (χ1v) is 5.94. The van der Waals surface area contributed by atoms with Gasteiger partial charge in [0.15, 0.2) is 0 Å². The maximum Gasteiger partial charge on any atom is 0.336 e. The molecule has 1 N–H and O–H groups in total. The first-order chi connectivity index (χ1) is 8.61. The molecular weight excluding hydrogens is 244 g/mol. The van der Waals surface area contributed by atoms with E-state index in [2.05, 4.69) is 0 Å². The Morgan fingerprint density at radius 1 is 0.944 bits per heavy atom. The third-order valence-corrected chi connectivity index (χ3v) is 3.23. The molecule has 0 amide bonds. The monoisotopic (exact) mass is 256 g/mol. The van der Waals surface area contributed by atoms with E-state index < -0.39 is 5.97 Å². The number of carboxylic acids is 1. The molecule has 0 saturated heterocycles. The molecule has 0 aliphatic carbocycles. The van der Waals surface area contributed by atoms with Gasteiger partial charge in [0, 0.05) is 5.56 Å². The fourth-order valence-electron chi connectivity index (χ4n) is 1.84. The van der Waals surface area contributed by atoms with Gasteiger partial charge < -0.3 is 5.11 Å². The van der Waals surface area contributed by atoms with Gasteiger partial charge in [0.2, 0.25) is 0 Å². The molecule has 2 aromatic carbocycles. The van der Waals surface area contributed by atoms with E-state index in [1.54, 1.807) is 24.3 Å². The van der Waals surface area contributed by atoms with Gasteiger partial charge in [-0.15, -0.1) is 0 Å². The highest BCUT2D eigenvalue weighted by Gasteiger charge is 2.14. The van der Waals surface area contributed by atoms with E-state index in [1.165, 1.54) is 0 Å². The molecule has 0 radical (unpaired) electrons. The normalized spacial score (nSPS) is 10.1. The first kappa shape index (κ1) is 12.5. The minimum absolute atomic E-state index is 0.241. The highest BCUT2D eigenvalue weighted by Crippen LogP contribution is 2.18. The summed E-state index contributed by atoms with van der Waals surface area (Å²) < 4.78 is 0. The molecule has 0 fully saturated rings. The second-order valence-corrected chi connectivity index (χ2v) is 4.40. The van der Waals surface area contributed by atoms with E-state index in [0.29, 0.717) is 10.4 Å². The molecule has 0 atom stereocenters. The van der Waals surface area contributed by atoms with Crippen molar-refractivity contribution < 1.29 is 9.90 Å². The van der Waals surface area contributed by atoms with E-state index in [4.69, 9.17) is 12.2 Å². The molecule has 0 aromatic heterocycles. The van der Waals surface area contributed by atoms with Crippen molar-refractivity contribution in [3.8, 4) is 0 Å². The van der Waals surface area contributed by atoms with Gasteiger partial charge in [-0.3, -0.25) is 0 Å². The van der Waals surface area contributed by atoms with Crippen LogP contribution >= 0.6 is 12.2 Å². The van der Waals surface area contributed by atoms with Crippen LogP contribution in [0.1, 0.15) is 27.0 Å². The Bertz CT molecular complexity index is 617. The molecule has 0 spiro atoms. The molecule has 0 saturated carbocycles. The van der Waals surface area contributed by atoms with Gasteiger partial charge in [-0.05, 0) is 24.1 Å². The lowest BCUT2D eigenvalue weighted by atomic mass is 9.97. The summed E-state index contributed by atoms with van der Waals surface area (Å²) in [7, 11) is 0. The maximum absolute atomic E-state index is 11.2. The Hall–Kier alpha value is -2.00. The topological polar surface area (TPSA) is 37.3 Å². The van der Waals surface area contributed by atoms with Crippen LogP contribution < -0.4 is 0 Å². The van der Waals surface area contributed by atoms with Crippen molar-refractivity contribution in [2.75, 3.05) is 0 Å². The van der Waals surface area contributed by atoms with Crippen molar-refractivity contribution in [3.05, 3.63) is 70.8 Å². The van der Waals surface area contributed by atoms with Crippen molar-refractivity contribution in [2.24, 2.45) is 0 Å². The Kier molecular flexibility index (Phi) is 3.53. The van der Waals surface area contributed by atoms with Crippen molar-refractivity contribution in [1.29, 1.82) is 0 Å². The van der Waals surface area contributed by atoms with E-state index in [1.807, 2.05) is 31.2 Å². The molecule has 2 rings (SSSR count). The third-order valence-electron chi connectivity index (χ3n) is 2.79. The molecule has 90 valence electrons. The second-order valence-electron chi connectivity index (χ2n) is 3.99. The van der Waals surface area contributed by atoms with Crippen LogP contribution in [0.2, 0.25) is 0 Å². The van der Waals surface area contributed by atoms with E-state index in [-0.39, 0.29) is 5.56 Å². The Labute approximate surface area is 111 Å². The summed E-state index contributed by atoms with van der Waals surface area (Å²) >= 11 is 5.42. The van der Waals surface area contributed by atoms with Crippen LogP contribution in [0.15, 0.2) is 48.5 Å². The summed E-state index contributed by atoms with van der Waals surface area (Å²) in [5, 5.41) is 9.17. The standard InChI is InChI=1S/C15H12O2S/c1-10-6-2-3-7-11(10)14(18)12-8-4-5-9-13(12)15(16)17/h2-9H,1H3,(H,16,17). The van der Waals surface area contributed by atoms with E-state index in [0.717, 1.165) is 11.1 Å². The average Bonchev–Trinajstić information content (AvgIpc) is 2.38. The number of benzene rings is 2. The van der Waals surface area contributed by atoms with E-state index in [9.17, 15) is 9.90 Å². The molecule has 2 nitrogen and oxygen atoms in total. The molecule has 3 heteroatoms. The quantitative estimate of drug-likeness (QED) is 0.675. The number of rotatable bonds is 3. The van der Waals surface area contributed by atoms with Crippen LogP contribution in [0.5, 0.6) is 0 Å². The summed E-state index contributed by atoms with van der Waals surface area (Å²) in [5.74, 6) is -0.957. The summed E-state index contributed by atoms with van der Waals surface area (Å²) in [6.45, 7) is 1.96.